The predicted octanol–water partition coefficient (Wildman–Crippen LogP) is 1.66. The van der Waals surface area contributed by atoms with E-state index in [1.807, 2.05) is 0 Å². The first-order valence-corrected chi connectivity index (χ1v) is 4.76. The number of hydrogen-bond acceptors (Lipinski definition) is 3. The lowest BCUT2D eigenvalue weighted by Crippen LogP contribution is -1.95. The summed E-state index contributed by atoms with van der Waals surface area (Å²) in [4.78, 5) is 18.3. The SMILES string of the molecule is O=C(O)CCCCCc1cnccn1. The van der Waals surface area contributed by atoms with Crippen molar-refractivity contribution in [2.45, 2.75) is 32.1 Å². The number of hydrogen-bond donors (Lipinski definition) is 1. The third-order valence-electron chi connectivity index (χ3n) is 1.94. The summed E-state index contributed by atoms with van der Waals surface area (Å²) in [5.41, 5.74) is 0.975. The van der Waals surface area contributed by atoms with E-state index in [0.29, 0.717) is 0 Å². The minimum Gasteiger partial charge on any atom is -0.481 e. The third-order valence-corrected chi connectivity index (χ3v) is 1.94. The fourth-order valence-electron chi connectivity index (χ4n) is 1.22. The van der Waals surface area contributed by atoms with Gasteiger partial charge >= 0.3 is 5.97 Å². The molecule has 0 atom stereocenters. The molecule has 1 aromatic rings. The lowest BCUT2D eigenvalue weighted by molar-refractivity contribution is -0.137. The summed E-state index contributed by atoms with van der Waals surface area (Å²) >= 11 is 0. The highest BCUT2D eigenvalue weighted by Gasteiger charge is 1.97. The standard InChI is InChI=1S/C10H14N2O2/c13-10(14)5-3-1-2-4-9-8-11-6-7-12-9/h6-8H,1-5H2,(H,13,14). The van der Waals surface area contributed by atoms with Crippen molar-refractivity contribution in [1.82, 2.24) is 9.97 Å². The van der Waals surface area contributed by atoms with Crippen LogP contribution in [-0.2, 0) is 11.2 Å². The molecule has 4 nitrogen and oxygen atoms in total. The van der Waals surface area contributed by atoms with Crippen molar-refractivity contribution >= 4 is 5.97 Å². The van der Waals surface area contributed by atoms with Gasteiger partial charge in [0.1, 0.15) is 0 Å². The van der Waals surface area contributed by atoms with Gasteiger partial charge in [0.15, 0.2) is 0 Å². The molecule has 1 aromatic heterocycles. The lowest BCUT2D eigenvalue weighted by atomic mass is 10.1. The quantitative estimate of drug-likeness (QED) is 0.699. The zero-order valence-corrected chi connectivity index (χ0v) is 8.02. The largest absolute Gasteiger partial charge is 0.481 e. The van der Waals surface area contributed by atoms with Gasteiger partial charge in [-0.3, -0.25) is 14.8 Å². The van der Waals surface area contributed by atoms with E-state index in [9.17, 15) is 4.79 Å². The average Bonchev–Trinajstić information content (AvgIpc) is 2.18. The summed E-state index contributed by atoms with van der Waals surface area (Å²) < 4.78 is 0. The molecule has 0 spiro atoms. The van der Waals surface area contributed by atoms with Crippen molar-refractivity contribution in [2.24, 2.45) is 0 Å². The normalized spacial score (nSPS) is 10.0. The van der Waals surface area contributed by atoms with Crippen molar-refractivity contribution in [3.05, 3.63) is 24.3 Å². The van der Waals surface area contributed by atoms with E-state index in [0.717, 1.165) is 31.4 Å². The second kappa shape index (κ2) is 6.07. The first kappa shape index (κ1) is 10.6. The highest BCUT2D eigenvalue weighted by molar-refractivity contribution is 5.66. The van der Waals surface area contributed by atoms with Crippen molar-refractivity contribution in [3.63, 3.8) is 0 Å². The van der Waals surface area contributed by atoms with Crippen LogP contribution in [0.4, 0.5) is 0 Å². The van der Waals surface area contributed by atoms with E-state index in [4.69, 9.17) is 5.11 Å². The maximum Gasteiger partial charge on any atom is 0.303 e. The molecule has 76 valence electrons. The third kappa shape index (κ3) is 4.54. The lowest BCUT2D eigenvalue weighted by Gasteiger charge is -1.98. The summed E-state index contributed by atoms with van der Waals surface area (Å²) in [6.45, 7) is 0. The molecule has 0 aliphatic rings. The van der Waals surface area contributed by atoms with Crippen molar-refractivity contribution in [2.75, 3.05) is 0 Å². The molecular weight excluding hydrogens is 180 g/mol. The van der Waals surface area contributed by atoms with Gasteiger partial charge in [0.05, 0.1) is 5.69 Å². The summed E-state index contributed by atoms with van der Waals surface area (Å²) in [6, 6.07) is 0. The molecule has 1 rings (SSSR count). The molecule has 0 aromatic carbocycles. The van der Waals surface area contributed by atoms with Crippen LogP contribution in [0.5, 0.6) is 0 Å². The van der Waals surface area contributed by atoms with Crippen LogP contribution >= 0.6 is 0 Å². The van der Waals surface area contributed by atoms with Crippen LogP contribution in [0, 0.1) is 0 Å². The molecule has 14 heavy (non-hydrogen) atoms. The van der Waals surface area contributed by atoms with Crippen LogP contribution in [0.2, 0.25) is 0 Å². The Morgan fingerprint density at radius 3 is 2.79 bits per heavy atom. The number of nitrogens with zero attached hydrogens (tertiary/aromatic N) is 2. The van der Waals surface area contributed by atoms with Crippen LogP contribution in [0.25, 0.3) is 0 Å². The number of aliphatic carboxylic acids is 1. The summed E-state index contributed by atoms with van der Waals surface area (Å²) in [7, 11) is 0. The predicted molar refractivity (Wildman–Crippen MR) is 51.8 cm³/mol. The van der Waals surface area contributed by atoms with Gasteiger partial charge in [-0.2, -0.15) is 0 Å². The highest BCUT2D eigenvalue weighted by Crippen LogP contribution is 2.04. The number of aromatic nitrogens is 2. The molecule has 4 heteroatoms. The Labute approximate surface area is 83.0 Å². The first-order chi connectivity index (χ1) is 6.79. The molecule has 1 heterocycles. The van der Waals surface area contributed by atoms with Gasteiger partial charge in [0.2, 0.25) is 0 Å². The molecule has 0 amide bonds. The second-order valence-electron chi connectivity index (χ2n) is 3.15. The minimum absolute atomic E-state index is 0.264. The zero-order valence-electron chi connectivity index (χ0n) is 8.02. The van der Waals surface area contributed by atoms with Crippen molar-refractivity contribution in [1.29, 1.82) is 0 Å². The molecular formula is C10H14N2O2. The van der Waals surface area contributed by atoms with Crippen LogP contribution in [0.3, 0.4) is 0 Å². The number of rotatable bonds is 6. The van der Waals surface area contributed by atoms with Crippen molar-refractivity contribution in [3.8, 4) is 0 Å². The van der Waals surface area contributed by atoms with Gasteiger partial charge in [-0.05, 0) is 19.3 Å². The van der Waals surface area contributed by atoms with Crippen LogP contribution in [0.1, 0.15) is 31.4 Å². The van der Waals surface area contributed by atoms with Gasteiger partial charge in [-0.25, -0.2) is 0 Å². The average molecular weight is 194 g/mol. The van der Waals surface area contributed by atoms with Gasteiger partial charge in [0.25, 0.3) is 0 Å². The molecule has 0 aliphatic heterocycles. The van der Waals surface area contributed by atoms with Crippen LogP contribution < -0.4 is 0 Å². The minimum atomic E-state index is -0.718. The smallest absolute Gasteiger partial charge is 0.303 e. The Kier molecular flexibility index (Phi) is 4.61. The van der Waals surface area contributed by atoms with E-state index in [2.05, 4.69) is 9.97 Å². The number of carbonyl (C=O) groups is 1. The highest BCUT2D eigenvalue weighted by atomic mass is 16.4. The molecule has 0 aliphatic carbocycles. The van der Waals surface area contributed by atoms with E-state index in [1.165, 1.54) is 0 Å². The Bertz CT molecular complexity index is 275. The number of aryl methyl sites for hydroxylation is 1. The number of carboxylic acids is 1. The summed E-state index contributed by atoms with van der Waals surface area (Å²) in [5.74, 6) is -0.718. The van der Waals surface area contributed by atoms with Crippen molar-refractivity contribution < 1.29 is 9.90 Å². The Morgan fingerprint density at radius 1 is 1.29 bits per heavy atom. The van der Waals surface area contributed by atoms with Crippen LogP contribution in [-0.4, -0.2) is 21.0 Å². The second-order valence-corrected chi connectivity index (χ2v) is 3.15. The maximum atomic E-state index is 10.2. The van der Waals surface area contributed by atoms with E-state index >= 15 is 0 Å². The van der Waals surface area contributed by atoms with Gasteiger partial charge in [0, 0.05) is 25.0 Å². The molecule has 0 fully saturated rings. The van der Waals surface area contributed by atoms with Crippen LogP contribution in [0.15, 0.2) is 18.6 Å². The molecule has 1 N–H and O–H groups in total. The zero-order chi connectivity index (χ0) is 10.2. The van der Waals surface area contributed by atoms with E-state index < -0.39 is 5.97 Å². The molecule has 0 unspecified atom stereocenters. The Balaban J connectivity index is 2.08. The van der Waals surface area contributed by atoms with E-state index in [1.54, 1.807) is 18.6 Å². The fraction of sp³-hybridized carbons (Fsp3) is 0.500. The topological polar surface area (TPSA) is 63.1 Å². The molecule has 0 bridgehead atoms. The van der Waals surface area contributed by atoms with Gasteiger partial charge in [-0.1, -0.05) is 6.42 Å². The monoisotopic (exact) mass is 194 g/mol. The molecule has 0 saturated heterocycles. The Hall–Kier alpha value is -1.45. The maximum absolute atomic E-state index is 10.2. The number of unbranched alkanes of at least 4 members (excludes halogenated alkanes) is 2. The summed E-state index contributed by atoms with van der Waals surface area (Å²) in [5, 5.41) is 8.41. The van der Waals surface area contributed by atoms with Gasteiger partial charge < -0.3 is 5.11 Å². The fourth-order valence-corrected chi connectivity index (χ4v) is 1.22. The first-order valence-electron chi connectivity index (χ1n) is 4.76. The number of carboxylic acid groups (broad SMARTS) is 1. The molecule has 0 radical (unpaired) electrons. The van der Waals surface area contributed by atoms with E-state index in [-0.39, 0.29) is 6.42 Å². The Morgan fingerprint density at radius 2 is 2.14 bits per heavy atom. The molecule has 0 saturated carbocycles. The summed E-state index contributed by atoms with van der Waals surface area (Å²) in [6.07, 6.45) is 8.87. The van der Waals surface area contributed by atoms with Gasteiger partial charge in [-0.15, -0.1) is 0 Å².